The molecular weight excluding hydrogens is 210 g/mol. The molecule has 1 aromatic rings. The zero-order valence-electron chi connectivity index (χ0n) is 11.0. The highest BCUT2D eigenvalue weighted by Crippen LogP contribution is 2.33. The van der Waals surface area contributed by atoms with E-state index in [9.17, 15) is 0 Å². The van der Waals surface area contributed by atoms with E-state index in [0.29, 0.717) is 0 Å². The molecule has 0 atom stereocenters. The predicted octanol–water partition coefficient (Wildman–Crippen LogP) is 2.75. The molecule has 0 aromatic carbocycles. The van der Waals surface area contributed by atoms with Crippen LogP contribution in [0.5, 0.6) is 0 Å². The maximum atomic E-state index is 5.60. The van der Waals surface area contributed by atoms with Crippen molar-refractivity contribution in [1.29, 1.82) is 0 Å². The Kier molecular flexibility index (Phi) is 4.60. The summed E-state index contributed by atoms with van der Waals surface area (Å²) in [6, 6.07) is 0. The molecule has 0 unspecified atom stereocenters. The zero-order valence-corrected chi connectivity index (χ0v) is 11.0. The average molecular weight is 235 g/mol. The molecule has 0 spiro atoms. The second-order valence-corrected chi connectivity index (χ2v) is 5.29. The third kappa shape index (κ3) is 3.32. The van der Waals surface area contributed by atoms with Crippen molar-refractivity contribution in [2.75, 3.05) is 6.54 Å². The monoisotopic (exact) mass is 235 g/mol. The maximum absolute atomic E-state index is 5.60. The van der Waals surface area contributed by atoms with Gasteiger partial charge in [-0.2, -0.15) is 5.10 Å². The Bertz CT molecular complexity index is 335. The summed E-state index contributed by atoms with van der Waals surface area (Å²) in [4.78, 5) is 0. The molecule has 1 aliphatic rings. The summed E-state index contributed by atoms with van der Waals surface area (Å²) >= 11 is 0. The van der Waals surface area contributed by atoms with E-state index in [4.69, 9.17) is 5.73 Å². The first-order valence-electron chi connectivity index (χ1n) is 7.03. The lowest BCUT2D eigenvalue weighted by Gasteiger charge is -2.13. The minimum absolute atomic E-state index is 0.749. The van der Waals surface area contributed by atoms with Crippen molar-refractivity contribution >= 4 is 0 Å². The normalized spacial score (nSPS) is 18.2. The predicted molar refractivity (Wildman–Crippen MR) is 71.0 cm³/mol. The van der Waals surface area contributed by atoms with Crippen molar-refractivity contribution in [3.05, 3.63) is 17.5 Å². The number of hydrogen-bond acceptors (Lipinski definition) is 2. The van der Waals surface area contributed by atoms with E-state index in [1.165, 1.54) is 49.8 Å². The van der Waals surface area contributed by atoms with Crippen molar-refractivity contribution in [3.8, 4) is 0 Å². The van der Waals surface area contributed by atoms with Crippen molar-refractivity contribution in [2.24, 2.45) is 12.8 Å². The van der Waals surface area contributed by atoms with Crippen LogP contribution in [0.25, 0.3) is 0 Å². The van der Waals surface area contributed by atoms with Crippen LogP contribution >= 0.6 is 0 Å². The van der Waals surface area contributed by atoms with Gasteiger partial charge in [-0.05, 0) is 43.7 Å². The van der Waals surface area contributed by atoms with Crippen LogP contribution in [0.4, 0.5) is 0 Å². The van der Waals surface area contributed by atoms with Gasteiger partial charge in [0, 0.05) is 13.2 Å². The molecule has 0 bridgehead atoms. The molecule has 1 heterocycles. The van der Waals surface area contributed by atoms with Crippen LogP contribution in [-0.4, -0.2) is 16.3 Å². The standard InChI is InChI=1S/C14H25N3/c1-17-11-13(14(16-17)9-6-10-15)12-7-4-2-3-5-8-12/h11-12H,2-10,15H2,1H3. The molecular formula is C14H25N3. The molecule has 0 saturated heterocycles. The molecule has 0 amide bonds. The van der Waals surface area contributed by atoms with E-state index < -0.39 is 0 Å². The molecule has 1 aliphatic carbocycles. The molecule has 1 fully saturated rings. The molecule has 2 N–H and O–H groups in total. The third-order valence-corrected chi connectivity index (χ3v) is 3.85. The number of hydrogen-bond donors (Lipinski definition) is 1. The zero-order chi connectivity index (χ0) is 12.1. The van der Waals surface area contributed by atoms with Gasteiger partial charge in [0.25, 0.3) is 0 Å². The largest absolute Gasteiger partial charge is 0.330 e. The highest BCUT2D eigenvalue weighted by molar-refractivity contribution is 5.22. The first-order valence-corrected chi connectivity index (χ1v) is 7.03. The average Bonchev–Trinajstić information content (AvgIpc) is 2.56. The van der Waals surface area contributed by atoms with Gasteiger partial charge in [0.15, 0.2) is 0 Å². The summed E-state index contributed by atoms with van der Waals surface area (Å²) in [5.74, 6) is 0.749. The molecule has 1 aromatic heterocycles. The number of nitrogens with zero attached hydrogens (tertiary/aromatic N) is 2. The first-order chi connectivity index (χ1) is 8.31. The Hall–Kier alpha value is -0.830. The first kappa shape index (κ1) is 12.6. The lowest BCUT2D eigenvalue weighted by Crippen LogP contribution is -2.04. The quantitative estimate of drug-likeness (QED) is 0.815. The van der Waals surface area contributed by atoms with Crippen LogP contribution in [0, 0.1) is 0 Å². The fourth-order valence-electron chi connectivity index (χ4n) is 2.95. The van der Waals surface area contributed by atoms with Crippen LogP contribution < -0.4 is 5.73 Å². The fourth-order valence-corrected chi connectivity index (χ4v) is 2.95. The van der Waals surface area contributed by atoms with Crippen LogP contribution in [-0.2, 0) is 13.5 Å². The summed E-state index contributed by atoms with van der Waals surface area (Å²) < 4.78 is 1.98. The lowest BCUT2D eigenvalue weighted by molar-refractivity contribution is 0.585. The summed E-state index contributed by atoms with van der Waals surface area (Å²) in [7, 11) is 2.03. The Labute approximate surface area is 104 Å². The Morgan fingerprint density at radius 2 is 2.00 bits per heavy atom. The van der Waals surface area contributed by atoms with E-state index in [1.54, 1.807) is 0 Å². The Morgan fingerprint density at radius 3 is 2.65 bits per heavy atom. The van der Waals surface area contributed by atoms with Gasteiger partial charge in [0.1, 0.15) is 0 Å². The molecule has 0 aliphatic heterocycles. The van der Waals surface area contributed by atoms with Gasteiger partial charge >= 0.3 is 0 Å². The Balaban J connectivity index is 2.11. The van der Waals surface area contributed by atoms with E-state index in [2.05, 4.69) is 11.3 Å². The van der Waals surface area contributed by atoms with Gasteiger partial charge in [0.05, 0.1) is 5.69 Å². The van der Waals surface area contributed by atoms with Crippen LogP contribution in [0.1, 0.15) is 62.1 Å². The smallest absolute Gasteiger partial charge is 0.0659 e. The van der Waals surface area contributed by atoms with Gasteiger partial charge in [-0.1, -0.05) is 25.7 Å². The molecule has 17 heavy (non-hydrogen) atoms. The van der Waals surface area contributed by atoms with Crippen LogP contribution in [0.2, 0.25) is 0 Å². The molecule has 3 heteroatoms. The van der Waals surface area contributed by atoms with Crippen molar-refractivity contribution < 1.29 is 0 Å². The highest BCUT2D eigenvalue weighted by Gasteiger charge is 2.19. The maximum Gasteiger partial charge on any atom is 0.0659 e. The van der Waals surface area contributed by atoms with Gasteiger partial charge in [-0.15, -0.1) is 0 Å². The van der Waals surface area contributed by atoms with Gasteiger partial charge in [-0.25, -0.2) is 0 Å². The summed E-state index contributed by atoms with van der Waals surface area (Å²) in [6.07, 6.45) is 12.6. The van der Waals surface area contributed by atoms with Crippen LogP contribution in [0.3, 0.4) is 0 Å². The van der Waals surface area contributed by atoms with Crippen molar-refractivity contribution in [2.45, 2.75) is 57.3 Å². The highest BCUT2D eigenvalue weighted by atomic mass is 15.2. The van der Waals surface area contributed by atoms with E-state index in [1.807, 2.05) is 11.7 Å². The number of aryl methyl sites for hydroxylation is 2. The van der Waals surface area contributed by atoms with Crippen LogP contribution in [0.15, 0.2) is 6.20 Å². The minimum atomic E-state index is 0.749. The van der Waals surface area contributed by atoms with E-state index in [0.717, 1.165) is 25.3 Å². The van der Waals surface area contributed by atoms with E-state index in [-0.39, 0.29) is 0 Å². The van der Waals surface area contributed by atoms with Crippen molar-refractivity contribution in [3.63, 3.8) is 0 Å². The lowest BCUT2D eigenvalue weighted by atomic mass is 9.91. The van der Waals surface area contributed by atoms with Gasteiger partial charge in [0.2, 0.25) is 0 Å². The number of rotatable bonds is 4. The molecule has 3 nitrogen and oxygen atoms in total. The fraction of sp³-hybridized carbons (Fsp3) is 0.786. The second-order valence-electron chi connectivity index (χ2n) is 5.29. The minimum Gasteiger partial charge on any atom is -0.330 e. The SMILES string of the molecule is Cn1cc(C2CCCCCC2)c(CCCN)n1. The Morgan fingerprint density at radius 1 is 1.29 bits per heavy atom. The second kappa shape index (κ2) is 6.20. The molecule has 0 radical (unpaired) electrons. The van der Waals surface area contributed by atoms with Crippen molar-refractivity contribution in [1.82, 2.24) is 9.78 Å². The van der Waals surface area contributed by atoms with Gasteiger partial charge < -0.3 is 5.73 Å². The summed E-state index contributed by atoms with van der Waals surface area (Å²) in [6.45, 7) is 0.765. The number of nitrogens with two attached hydrogens (primary N) is 1. The third-order valence-electron chi connectivity index (χ3n) is 3.85. The molecule has 96 valence electrons. The van der Waals surface area contributed by atoms with E-state index >= 15 is 0 Å². The molecule has 1 saturated carbocycles. The molecule has 2 rings (SSSR count). The summed E-state index contributed by atoms with van der Waals surface area (Å²) in [5, 5.41) is 4.62. The summed E-state index contributed by atoms with van der Waals surface area (Å²) in [5.41, 5.74) is 8.40. The van der Waals surface area contributed by atoms with Gasteiger partial charge in [-0.3, -0.25) is 4.68 Å². The topological polar surface area (TPSA) is 43.8 Å². The number of aromatic nitrogens is 2.